The normalized spacial score (nSPS) is 12.0. The number of Topliss-reactive ketones (excluding diaryl/α,β-unsaturated/α-hetero) is 1. The van der Waals surface area contributed by atoms with Crippen LogP contribution in [-0.2, 0) is 6.54 Å². The molecule has 0 aliphatic heterocycles. The molecule has 5 nitrogen and oxygen atoms in total. The van der Waals surface area contributed by atoms with Gasteiger partial charge in [0.2, 0.25) is 0 Å². The fraction of sp³-hybridized carbons (Fsp3) is 0.286. The third-order valence-corrected chi connectivity index (χ3v) is 5.45. The Morgan fingerprint density at radius 1 is 1.15 bits per heavy atom. The lowest BCUT2D eigenvalue weighted by atomic mass is 10.1. The number of benzene rings is 2. The summed E-state index contributed by atoms with van der Waals surface area (Å²) in [6.45, 7) is 6.66. The molecule has 3 aromatic rings. The van der Waals surface area contributed by atoms with E-state index in [9.17, 15) is 4.79 Å². The van der Waals surface area contributed by atoms with E-state index in [0.29, 0.717) is 12.1 Å². The number of methoxy groups -OCH3 is 1. The van der Waals surface area contributed by atoms with Gasteiger partial charge in [0, 0.05) is 12.1 Å². The van der Waals surface area contributed by atoms with Crippen LogP contribution in [0.2, 0.25) is 0 Å². The molecule has 2 aromatic carbocycles. The number of aromatic nitrogens is 3. The quantitative estimate of drug-likeness (QED) is 0.441. The summed E-state index contributed by atoms with van der Waals surface area (Å²) in [6, 6.07) is 15.4. The number of nitrogens with zero attached hydrogens (tertiary/aromatic N) is 3. The topological polar surface area (TPSA) is 57.0 Å². The minimum atomic E-state index is -0.257. The molecule has 1 atom stereocenters. The van der Waals surface area contributed by atoms with Crippen molar-refractivity contribution >= 4 is 17.5 Å². The Labute approximate surface area is 163 Å². The van der Waals surface area contributed by atoms with Crippen LogP contribution >= 0.6 is 11.8 Å². The van der Waals surface area contributed by atoms with Gasteiger partial charge in [-0.15, -0.1) is 10.2 Å². The summed E-state index contributed by atoms with van der Waals surface area (Å²) in [5.74, 6) is 1.58. The summed E-state index contributed by atoms with van der Waals surface area (Å²) >= 11 is 1.43. The van der Waals surface area contributed by atoms with Gasteiger partial charge in [-0.25, -0.2) is 0 Å². The Kier molecular flexibility index (Phi) is 5.96. The minimum Gasteiger partial charge on any atom is -0.496 e. The highest BCUT2D eigenvalue weighted by Gasteiger charge is 2.22. The largest absolute Gasteiger partial charge is 0.496 e. The van der Waals surface area contributed by atoms with Crippen molar-refractivity contribution in [1.29, 1.82) is 0 Å². The number of para-hydroxylation sites is 1. The van der Waals surface area contributed by atoms with Gasteiger partial charge in [0.15, 0.2) is 16.8 Å². The van der Waals surface area contributed by atoms with Crippen LogP contribution in [0.1, 0.15) is 29.8 Å². The molecule has 0 saturated heterocycles. The van der Waals surface area contributed by atoms with Crippen LogP contribution in [0.25, 0.3) is 11.4 Å². The number of aryl methyl sites for hydroxylation is 1. The smallest absolute Gasteiger partial charge is 0.192 e. The molecule has 0 spiro atoms. The molecule has 0 bridgehead atoms. The van der Waals surface area contributed by atoms with Crippen molar-refractivity contribution in [2.24, 2.45) is 0 Å². The summed E-state index contributed by atoms with van der Waals surface area (Å²) in [5.41, 5.74) is 2.74. The first-order valence-electron chi connectivity index (χ1n) is 8.89. The molecule has 0 fully saturated rings. The maximum absolute atomic E-state index is 12.7. The maximum atomic E-state index is 12.7. The van der Waals surface area contributed by atoms with Crippen LogP contribution in [0.3, 0.4) is 0 Å². The molecule has 0 aliphatic rings. The van der Waals surface area contributed by atoms with Crippen molar-refractivity contribution in [1.82, 2.24) is 14.8 Å². The van der Waals surface area contributed by atoms with Gasteiger partial charge >= 0.3 is 0 Å². The molecule has 1 aromatic heterocycles. The molecule has 0 radical (unpaired) electrons. The van der Waals surface area contributed by atoms with Crippen LogP contribution in [-0.4, -0.2) is 32.9 Å². The van der Waals surface area contributed by atoms with Gasteiger partial charge in [-0.2, -0.15) is 0 Å². The monoisotopic (exact) mass is 381 g/mol. The molecule has 0 N–H and O–H groups in total. The fourth-order valence-electron chi connectivity index (χ4n) is 2.85. The van der Waals surface area contributed by atoms with Gasteiger partial charge in [0.05, 0.1) is 17.9 Å². The molecular formula is C21H23N3O2S. The summed E-state index contributed by atoms with van der Waals surface area (Å²) < 4.78 is 7.47. The Balaban J connectivity index is 1.86. The molecule has 6 heteroatoms. The zero-order valence-electron chi connectivity index (χ0n) is 16.0. The lowest BCUT2D eigenvalue weighted by Gasteiger charge is -2.13. The van der Waals surface area contributed by atoms with E-state index in [2.05, 4.69) is 10.2 Å². The van der Waals surface area contributed by atoms with Crippen molar-refractivity contribution in [3.8, 4) is 17.1 Å². The summed E-state index contributed by atoms with van der Waals surface area (Å²) in [7, 11) is 1.64. The Hall–Kier alpha value is -2.60. The number of rotatable bonds is 7. The van der Waals surface area contributed by atoms with Crippen molar-refractivity contribution in [3.05, 3.63) is 59.7 Å². The molecule has 1 heterocycles. The number of thioether (sulfide) groups is 1. The summed E-state index contributed by atoms with van der Waals surface area (Å²) in [5, 5.41) is 9.17. The van der Waals surface area contributed by atoms with Gasteiger partial charge in [-0.3, -0.25) is 4.79 Å². The number of hydrogen-bond donors (Lipinski definition) is 0. The van der Waals surface area contributed by atoms with E-state index in [1.54, 1.807) is 7.11 Å². The number of ether oxygens (including phenoxy) is 1. The number of hydrogen-bond acceptors (Lipinski definition) is 5. The second-order valence-electron chi connectivity index (χ2n) is 6.24. The predicted octanol–water partition coefficient (Wildman–Crippen LogP) is 4.65. The van der Waals surface area contributed by atoms with E-state index in [-0.39, 0.29) is 11.0 Å². The standard InChI is InChI=1S/C21H23N3O2S/c1-5-24-20(17-8-6-7-9-18(17)26-4)22-23-21(24)27-15(3)19(25)16-12-10-14(2)11-13-16/h6-13,15H,5H2,1-4H3/t15-/m1/s1. The van der Waals surface area contributed by atoms with E-state index < -0.39 is 0 Å². The lowest BCUT2D eigenvalue weighted by Crippen LogP contribution is -2.14. The third kappa shape index (κ3) is 4.06. The second-order valence-corrected chi connectivity index (χ2v) is 7.55. The van der Waals surface area contributed by atoms with Crippen LogP contribution in [0, 0.1) is 6.92 Å². The van der Waals surface area contributed by atoms with E-state index in [4.69, 9.17) is 4.74 Å². The highest BCUT2D eigenvalue weighted by atomic mass is 32.2. The lowest BCUT2D eigenvalue weighted by molar-refractivity contribution is 0.0994. The van der Waals surface area contributed by atoms with E-state index in [1.165, 1.54) is 11.8 Å². The molecular weight excluding hydrogens is 358 g/mol. The zero-order chi connectivity index (χ0) is 19.4. The Bertz CT molecular complexity index is 935. The highest BCUT2D eigenvalue weighted by molar-refractivity contribution is 8.00. The SMILES string of the molecule is CCn1c(S[C@H](C)C(=O)c2ccc(C)cc2)nnc1-c1ccccc1OC. The molecule has 0 saturated carbocycles. The van der Waals surface area contributed by atoms with Gasteiger partial charge in [-0.1, -0.05) is 53.7 Å². The van der Waals surface area contributed by atoms with Crippen molar-refractivity contribution in [3.63, 3.8) is 0 Å². The molecule has 140 valence electrons. The van der Waals surface area contributed by atoms with Crippen LogP contribution in [0.5, 0.6) is 5.75 Å². The number of carbonyl (C=O) groups is 1. The second kappa shape index (κ2) is 8.39. The first kappa shape index (κ1) is 19.2. The van der Waals surface area contributed by atoms with E-state index >= 15 is 0 Å². The Morgan fingerprint density at radius 2 is 1.85 bits per heavy atom. The first-order valence-corrected chi connectivity index (χ1v) is 9.77. The van der Waals surface area contributed by atoms with Gasteiger partial charge in [-0.05, 0) is 32.9 Å². The molecule has 3 rings (SSSR count). The van der Waals surface area contributed by atoms with Crippen molar-refractivity contribution in [2.45, 2.75) is 37.7 Å². The average Bonchev–Trinajstić information content (AvgIpc) is 3.10. The van der Waals surface area contributed by atoms with Gasteiger partial charge < -0.3 is 9.30 Å². The molecule has 0 amide bonds. The van der Waals surface area contributed by atoms with E-state index in [1.807, 2.05) is 73.9 Å². The number of carbonyl (C=O) groups excluding carboxylic acids is 1. The number of ketones is 1. The Morgan fingerprint density at radius 3 is 2.52 bits per heavy atom. The highest BCUT2D eigenvalue weighted by Crippen LogP contribution is 2.32. The van der Waals surface area contributed by atoms with Crippen molar-refractivity contribution < 1.29 is 9.53 Å². The van der Waals surface area contributed by atoms with Gasteiger partial charge in [0.25, 0.3) is 0 Å². The fourth-order valence-corrected chi connectivity index (χ4v) is 3.84. The third-order valence-electron chi connectivity index (χ3n) is 4.37. The zero-order valence-corrected chi connectivity index (χ0v) is 16.8. The average molecular weight is 382 g/mol. The first-order chi connectivity index (χ1) is 13.0. The van der Waals surface area contributed by atoms with Crippen LogP contribution in [0.4, 0.5) is 0 Å². The maximum Gasteiger partial charge on any atom is 0.192 e. The minimum absolute atomic E-state index is 0.0875. The van der Waals surface area contributed by atoms with Crippen molar-refractivity contribution in [2.75, 3.05) is 7.11 Å². The summed E-state index contributed by atoms with van der Waals surface area (Å²) in [6.07, 6.45) is 0. The molecule has 27 heavy (non-hydrogen) atoms. The molecule has 0 aliphatic carbocycles. The summed E-state index contributed by atoms with van der Waals surface area (Å²) in [4.78, 5) is 12.7. The predicted molar refractivity (Wildman–Crippen MR) is 109 cm³/mol. The van der Waals surface area contributed by atoms with E-state index in [0.717, 1.165) is 27.9 Å². The van der Waals surface area contributed by atoms with Crippen LogP contribution in [0.15, 0.2) is 53.7 Å². The van der Waals surface area contributed by atoms with Crippen LogP contribution < -0.4 is 4.74 Å². The molecule has 0 unspecified atom stereocenters. The van der Waals surface area contributed by atoms with Gasteiger partial charge in [0.1, 0.15) is 5.75 Å².